The standard InChI is InChI=1S/C28H44N2O4/c1-7-14-32-18-21-9-13-24-27(20(3)15-21)30-25(17-29-24)33-23-11-8-19(2)22(10-12-23)16-26(31)34-28(4,5)6/h15,17,19,21-23H,7-14,16,18H2,1-6H3. The summed E-state index contributed by atoms with van der Waals surface area (Å²) in [6, 6.07) is 0. The predicted molar refractivity (Wildman–Crippen MR) is 135 cm³/mol. The lowest BCUT2D eigenvalue weighted by molar-refractivity contribution is -0.156. The summed E-state index contributed by atoms with van der Waals surface area (Å²) in [6.07, 6.45) is 11.5. The monoisotopic (exact) mass is 472 g/mol. The number of hydrogen-bond donors (Lipinski definition) is 0. The molecule has 2 aliphatic carbocycles. The number of carbonyl (C=O) groups is 1. The number of rotatable bonds is 8. The van der Waals surface area contributed by atoms with Gasteiger partial charge in [-0.3, -0.25) is 9.78 Å². The maximum atomic E-state index is 12.4. The van der Waals surface area contributed by atoms with Crippen LogP contribution in [0.1, 0.15) is 97.9 Å². The van der Waals surface area contributed by atoms with Crippen LogP contribution in [0.25, 0.3) is 5.57 Å². The number of allylic oxidation sites excluding steroid dienone is 1. The summed E-state index contributed by atoms with van der Waals surface area (Å²) in [7, 11) is 0. The summed E-state index contributed by atoms with van der Waals surface area (Å²) in [6.45, 7) is 13.8. The number of nitrogens with zero attached hydrogens (tertiary/aromatic N) is 2. The van der Waals surface area contributed by atoms with E-state index in [1.54, 1.807) is 6.20 Å². The third-order valence-electron chi connectivity index (χ3n) is 6.86. The van der Waals surface area contributed by atoms with Crippen molar-refractivity contribution in [3.8, 4) is 5.88 Å². The first-order valence-corrected chi connectivity index (χ1v) is 13.2. The zero-order chi connectivity index (χ0) is 24.7. The van der Waals surface area contributed by atoms with Crippen LogP contribution in [0.5, 0.6) is 5.88 Å². The maximum Gasteiger partial charge on any atom is 0.306 e. The van der Waals surface area contributed by atoms with Gasteiger partial charge in [0.05, 0.1) is 24.2 Å². The van der Waals surface area contributed by atoms with E-state index in [2.05, 4.69) is 26.8 Å². The van der Waals surface area contributed by atoms with E-state index in [-0.39, 0.29) is 12.1 Å². The molecule has 6 heteroatoms. The van der Waals surface area contributed by atoms with Crippen LogP contribution in [0.2, 0.25) is 0 Å². The first kappa shape index (κ1) is 26.7. The molecule has 34 heavy (non-hydrogen) atoms. The molecule has 1 aromatic heterocycles. The molecular weight excluding hydrogens is 428 g/mol. The second-order valence-corrected chi connectivity index (χ2v) is 11.1. The Hall–Kier alpha value is -1.95. The lowest BCUT2D eigenvalue weighted by atomic mass is 9.87. The van der Waals surface area contributed by atoms with Crippen molar-refractivity contribution >= 4 is 11.5 Å². The molecule has 0 spiro atoms. The van der Waals surface area contributed by atoms with E-state index in [0.29, 0.717) is 30.1 Å². The number of aromatic nitrogens is 2. The van der Waals surface area contributed by atoms with Crippen LogP contribution in [0, 0.1) is 17.8 Å². The van der Waals surface area contributed by atoms with E-state index < -0.39 is 5.60 Å². The summed E-state index contributed by atoms with van der Waals surface area (Å²) >= 11 is 0. The third-order valence-corrected chi connectivity index (χ3v) is 6.86. The Morgan fingerprint density at radius 1 is 1.15 bits per heavy atom. The van der Waals surface area contributed by atoms with Crippen LogP contribution in [-0.4, -0.2) is 40.9 Å². The van der Waals surface area contributed by atoms with Gasteiger partial charge in [0.15, 0.2) is 0 Å². The predicted octanol–water partition coefficient (Wildman–Crippen LogP) is 6.17. The van der Waals surface area contributed by atoms with Gasteiger partial charge in [0, 0.05) is 18.9 Å². The average Bonchev–Trinajstić information content (AvgIpc) is 3.02. The van der Waals surface area contributed by atoms with Gasteiger partial charge in [-0.15, -0.1) is 0 Å². The van der Waals surface area contributed by atoms with E-state index in [4.69, 9.17) is 24.2 Å². The fourth-order valence-corrected chi connectivity index (χ4v) is 5.00. The average molecular weight is 473 g/mol. The lowest BCUT2D eigenvalue weighted by Gasteiger charge is -2.24. The maximum absolute atomic E-state index is 12.4. The van der Waals surface area contributed by atoms with Crippen LogP contribution in [-0.2, 0) is 20.7 Å². The minimum atomic E-state index is -0.435. The molecule has 190 valence electrons. The Morgan fingerprint density at radius 2 is 1.91 bits per heavy atom. The molecule has 6 nitrogen and oxygen atoms in total. The fraction of sp³-hybridized carbons (Fsp3) is 0.750. The molecule has 1 heterocycles. The van der Waals surface area contributed by atoms with Crippen molar-refractivity contribution in [3.63, 3.8) is 0 Å². The van der Waals surface area contributed by atoms with Crippen molar-refractivity contribution in [1.29, 1.82) is 0 Å². The highest BCUT2D eigenvalue weighted by Crippen LogP contribution is 2.34. The zero-order valence-electron chi connectivity index (χ0n) is 22.1. The molecular formula is C28H44N2O4. The number of fused-ring (bicyclic) bond motifs is 1. The number of hydrogen-bond acceptors (Lipinski definition) is 6. The van der Waals surface area contributed by atoms with E-state index in [0.717, 1.165) is 75.1 Å². The lowest BCUT2D eigenvalue weighted by Crippen LogP contribution is -2.26. The Labute approximate surface area is 205 Å². The smallest absolute Gasteiger partial charge is 0.306 e. The van der Waals surface area contributed by atoms with Gasteiger partial charge in [0.2, 0.25) is 5.88 Å². The number of ether oxygens (including phenoxy) is 3. The molecule has 0 aromatic carbocycles. The van der Waals surface area contributed by atoms with E-state index in [1.165, 1.54) is 0 Å². The second-order valence-electron chi connectivity index (χ2n) is 11.1. The van der Waals surface area contributed by atoms with Crippen LogP contribution >= 0.6 is 0 Å². The Morgan fingerprint density at radius 3 is 2.65 bits per heavy atom. The number of aryl methyl sites for hydroxylation is 1. The van der Waals surface area contributed by atoms with Crippen LogP contribution < -0.4 is 4.74 Å². The summed E-state index contributed by atoms with van der Waals surface area (Å²) in [5.74, 6) is 1.71. The first-order valence-electron chi connectivity index (χ1n) is 13.2. The highest BCUT2D eigenvalue weighted by Gasteiger charge is 2.29. The SMILES string of the molecule is CCCOCC1C=C(C)c2nc(OC3CCC(C)C(CC(=O)OC(C)(C)C)CC3)cnc2CC1. The van der Waals surface area contributed by atoms with Crippen molar-refractivity contribution in [3.05, 3.63) is 23.7 Å². The highest BCUT2D eigenvalue weighted by molar-refractivity contribution is 5.70. The van der Waals surface area contributed by atoms with Gasteiger partial charge in [0.25, 0.3) is 0 Å². The summed E-state index contributed by atoms with van der Waals surface area (Å²) in [5, 5.41) is 0. The van der Waals surface area contributed by atoms with E-state index >= 15 is 0 Å². The largest absolute Gasteiger partial charge is 0.473 e. The molecule has 1 fully saturated rings. The van der Waals surface area contributed by atoms with Crippen molar-refractivity contribution in [2.45, 2.75) is 105 Å². The molecule has 4 unspecified atom stereocenters. The Balaban J connectivity index is 1.60. The molecule has 0 radical (unpaired) electrons. The molecule has 1 aromatic rings. The van der Waals surface area contributed by atoms with E-state index in [1.807, 2.05) is 20.8 Å². The van der Waals surface area contributed by atoms with E-state index in [9.17, 15) is 4.79 Å². The van der Waals surface area contributed by atoms with Gasteiger partial charge in [-0.2, -0.15) is 0 Å². The highest BCUT2D eigenvalue weighted by atomic mass is 16.6. The van der Waals surface area contributed by atoms with Crippen molar-refractivity contribution < 1.29 is 19.0 Å². The molecule has 1 saturated carbocycles. The van der Waals surface area contributed by atoms with Crippen LogP contribution in [0.15, 0.2) is 12.3 Å². The molecule has 3 rings (SSSR count). The zero-order valence-corrected chi connectivity index (χ0v) is 22.1. The second kappa shape index (κ2) is 12.1. The van der Waals surface area contributed by atoms with Crippen LogP contribution in [0.4, 0.5) is 0 Å². The normalized spacial score (nSPS) is 25.5. The minimum absolute atomic E-state index is 0.0963. The summed E-state index contributed by atoms with van der Waals surface area (Å²) < 4.78 is 17.7. The number of carbonyl (C=O) groups excluding carboxylic acids is 1. The van der Waals surface area contributed by atoms with Crippen molar-refractivity contribution in [2.24, 2.45) is 17.8 Å². The van der Waals surface area contributed by atoms with Crippen LogP contribution in [0.3, 0.4) is 0 Å². The molecule has 0 amide bonds. The van der Waals surface area contributed by atoms with Gasteiger partial charge >= 0.3 is 5.97 Å². The molecule has 4 atom stereocenters. The van der Waals surface area contributed by atoms with Gasteiger partial charge in [-0.25, -0.2) is 4.98 Å². The fourth-order valence-electron chi connectivity index (χ4n) is 5.00. The topological polar surface area (TPSA) is 70.5 Å². The van der Waals surface area contributed by atoms with Gasteiger partial charge in [-0.05, 0) is 90.0 Å². The Bertz CT molecular complexity index is 845. The van der Waals surface area contributed by atoms with Gasteiger partial charge in [-0.1, -0.05) is 19.9 Å². The third kappa shape index (κ3) is 8.07. The molecule has 0 bridgehead atoms. The van der Waals surface area contributed by atoms with Crippen molar-refractivity contribution in [2.75, 3.05) is 13.2 Å². The van der Waals surface area contributed by atoms with Gasteiger partial charge < -0.3 is 14.2 Å². The van der Waals surface area contributed by atoms with Crippen molar-refractivity contribution in [1.82, 2.24) is 9.97 Å². The molecule has 0 saturated heterocycles. The Kier molecular flexibility index (Phi) is 9.52. The molecule has 0 N–H and O–H groups in total. The molecule has 0 aliphatic heterocycles. The quantitative estimate of drug-likeness (QED) is 0.256. The summed E-state index contributed by atoms with van der Waals surface area (Å²) in [4.78, 5) is 22.0. The van der Waals surface area contributed by atoms with Gasteiger partial charge in [0.1, 0.15) is 11.7 Å². The summed E-state index contributed by atoms with van der Waals surface area (Å²) in [5.41, 5.74) is 2.73. The minimum Gasteiger partial charge on any atom is -0.473 e. The number of esters is 1. The molecule has 2 aliphatic rings. The first-order chi connectivity index (χ1) is 16.1.